The van der Waals surface area contributed by atoms with Crippen LogP contribution in [0.15, 0.2) is 36.4 Å². The quantitative estimate of drug-likeness (QED) is 0.386. The predicted molar refractivity (Wildman–Crippen MR) is 172 cm³/mol. The number of fused-ring (bicyclic) bond motifs is 2. The second-order valence-corrected chi connectivity index (χ2v) is 13.7. The number of halogens is 4. The molecule has 3 N–H and O–H groups in total. The first-order chi connectivity index (χ1) is 22.4. The van der Waals surface area contributed by atoms with E-state index in [1.54, 1.807) is 4.90 Å². The number of hydrogen-bond acceptors (Lipinski definition) is 6. The largest absolute Gasteiger partial charge is 0.436 e. The predicted octanol–water partition coefficient (Wildman–Crippen LogP) is 5.84. The zero-order valence-electron chi connectivity index (χ0n) is 26.3. The Balaban J connectivity index is 1.18. The molecule has 0 aliphatic carbocycles. The van der Waals surface area contributed by atoms with Crippen LogP contribution in [0, 0.1) is 0 Å². The maximum Gasteiger partial charge on any atom is 0.418 e. The Morgan fingerprint density at radius 3 is 2.36 bits per heavy atom. The summed E-state index contributed by atoms with van der Waals surface area (Å²) in [6.07, 6.45) is -0.637. The van der Waals surface area contributed by atoms with Crippen molar-refractivity contribution >= 4 is 40.9 Å². The summed E-state index contributed by atoms with van der Waals surface area (Å²) in [5.41, 5.74) is 5.44. The van der Waals surface area contributed by atoms with Crippen LogP contribution < -0.4 is 11.1 Å². The van der Waals surface area contributed by atoms with Gasteiger partial charge in [0.05, 0.1) is 16.3 Å². The van der Waals surface area contributed by atoms with Crippen LogP contribution in [-0.2, 0) is 32.3 Å². The van der Waals surface area contributed by atoms with Crippen LogP contribution in [0.4, 0.5) is 29.3 Å². The summed E-state index contributed by atoms with van der Waals surface area (Å²) in [7, 11) is 0. The maximum absolute atomic E-state index is 13.9. The molecule has 3 fully saturated rings. The standard InChI is InChI=1S/C34H41ClF3N5O4/c35-26-19-22(18-25(30(26)39)34(36,37)38)20-28(31(45)42-14-8-23(9-15-42)41-12-4-1-5-13-41)47-32(46)43-16-10-33(11-17-43)21-29(44)40-27-7-3-2-6-24(27)33/h2-3,6-7,18-19,23,28H,1,4-5,8-17,20-21,39H2,(H,40,44)/t28-/m1/s1. The lowest BCUT2D eigenvalue weighted by atomic mass is 9.68. The van der Waals surface area contributed by atoms with Gasteiger partial charge in [-0.25, -0.2) is 4.79 Å². The van der Waals surface area contributed by atoms with Crippen molar-refractivity contribution in [1.29, 1.82) is 0 Å². The molecule has 3 saturated heterocycles. The molecule has 0 unspecified atom stereocenters. The monoisotopic (exact) mass is 675 g/mol. The molecule has 4 aliphatic heterocycles. The zero-order valence-corrected chi connectivity index (χ0v) is 27.0. The third kappa shape index (κ3) is 7.18. The topological polar surface area (TPSA) is 108 Å². The molecule has 3 amide bonds. The van der Waals surface area contributed by atoms with Gasteiger partial charge in [0.25, 0.3) is 5.91 Å². The molecule has 9 nitrogen and oxygen atoms in total. The van der Waals surface area contributed by atoms with E-state index < -0.39 is 40.9 Å². The highest BCUT2D eigenvalue weighted by Gasteiger charge is 2.44. The smallest absolute Gasteiger partial charge is 0.418 e. The molecule has 13 heteroatoms. The van der Waals surface area contributed by atoms with Crippen molar-refractivity contribution in [2.45, 2.75) is 81.5 Å². The number of hydrogen-bond donors (Lipinski definition) is 2. The minimum Gasteiger partial charge on any atom is -0.436 e. The Hall–Kier alpha value is -3.51. The van der Waals surface area contributed by atoms with Crippen molar-refractivity contribution in [2.75, 3.05) is 50.3 Å². The molecule has 47 heavy (non-hydrogen) atoms. The normalized spacial score (nSPS) is 21.2. The minimum absolute atomic E-state index is 0.0742. The number of rotatable bonds is 5. The lowest BCUT2D eigenvalue weighted by Gasteiger charge is -2.44. The van der Waals surface area contributed by atoms with Crippen molar-refractivity contribution in [1.82, 2.24) is 14.7 Å². The van der Waals surface area contributed by atoms with E-state index in [9.17, 15) is 27.6 Å². The molecule has 4 aliphatic rings. The molecule has 2 aromatic rings. The molecular weight excluding hydrogens is 635 g/mol. The van der Waals surface area contributed by atoms with Crippen LogP contribution in [0.3, 0.4) is 0 Å². The molecule has 0 saturated carbocycles. The summed E-state index contributed by atoms with van der Waals surface area (Å²) in [4.78, 5) is 45.7. The Labute approximate surface area is 277 Å². The second kappa shape index (κ2) is 13.5. The number of benzene rings is 2. The van der Waals surface area contributed by atoms with Crippen molar-refractivity contribution < 1.29 is 32.3 Å². The number of nitrogens with one attached hydrogen (secondary N) is 1. The van der Waals surface area contributed by atoms with Crippen LogP contribution >= 0.6 is 11.6 Å². The highest BCUT2D eigenvalue weighted by atomic mass is 35.5. The molecule has 1 atom stereocenters. The summed E-state index contributed by atoms with van der Waals surface area (Å²) in [6, 6.07) is 10.2. The van der Waals surface area contributed by atoms with Gasteiger partial charge in [0, 0.05) is 56.2 Å². The van der Waals surface area contributed by atoms with Crippen molar-refractivity contribution in [3.05, 3.63) is 58.1 Å². The Bertz CT molecular complexity index is 1500. The third-order valence-corrected chi connectivity index (χ3v) is 10.7. The van der Waals surface area contributed by atoms with Gasteiger partial charge in [-0.15, -0.1) is 0 Å². The van der Waals surface area contributed by atoms with Crippen LogP contribution in [0.1, 0.15) is 68.1 Å². The Kier molecular flexibility index (Phi) is 9.62. The van der Waals surface area contributed by atoms with Crippen molar-refractivity contribution in [3.63, 3.8) is 0 Å². The van der Waals surface area contributed by atoms with Gasteiger partial charge in [0.15, 0.2) is 6.10 Å². The van der Waals surface area contributed by atoms with Crippen LogP contribution in [0.2, 0.25) is 5.02 Å². The fourth-order valence-corrected chi connectivity index (χ4v) is 8.01. The molecule has 1 spiro atoms. The number of carbonyl (C=O) groups is 3. The molecule has 0 bridgehead atoms. The van der Waals surface area contributed by atoms with Gasteiger partial charge >= 0.3 is 12.3 Å². The number of carbonyl (C=O) groups excluding carboxylic acids is 3. The van der Waals surface area contributed by atoms with Crippen LogP contribution in [-0.4, -0.2) is 84.0 Å². The van der Waals surface area contributed by atoms with Crippen molar-refractivity contribution in [2.24, 2.45) is 0 Å². The average Bonchev–Trinajstić information content (AvgIpc) is 3.06. The van der Waals surface area contributed by atoms with E-state index in [0.717, 1.165) is 43.2 Å². The lowest BCUT2D eigenvalue weighted by molar-refractivity contribution is -0.142. The Morgan fingerprint density at radius 1 is 1.00 bits per heavy atom. The Morgan fingerprint density at radius 2 is 1.68 bits per heavy atom. The van der Waals surface area contributed by atoms with E-state index in [-0.39, 0.29) is 22.9 Å². The number of ether oxygens (including phenoxy) is 1. The van der Waals surface area contributed by atoms with Gasteiger partial charge in [-0.2, -0.15) is 13.2 Å². The number of amides is 3. The highest BCUT2D eigenvalue weighted by molar-refractivity contribution is 6.33. The van der Waals surface area contributed by atoms with Crippen molar-refractivity contribution in [3.8, 4) is 0 Å². The fourth-order valence-electron chi connectivity index (χ4n) is 7.77. The van der Waals surface area contributed by atoms with E-state index in [1.165, 1.54) is 30.2 Å². The van der Waals surface area contributed by atoms with Gasteiger partial charge in [0.1, 0.15) is 0 Å². The number of likely N-dealkylation sites (tertiary alicyclic amines) is 3. The molecule has 0 aromatic heterocycles. The van der Waals surface area contributed by atoms with Gasteiger partial charge in [0.2, 0.25) is 5.91 Å². The van der Waals surface area contributed by atoms with E-state index in [2.05, 4.69) is 10.2 Å². The summed E-state index contributed by atoms with van der Waals surface area (Å²) in [6.45, 7) is 3.64. The van der Waals surface area contributed by atoms with Gasteiger partial charge in [-0.05, 0) is 80.9 Å². The second-order valence-electron chi connectivity index (χ2n) is 13.3. The molecule has 2 aromatic carbocycles. The van der Waals surface area contributed by atoms with Gasteiger partial charge in [-0.1, -0.05) is 36.2 Å². The number of nitrogens with two attached hydrogens (primary N) is 1. The van der Waals surface area contributed by atoms with Gasteiger partial charge < -0.3 is 30.5 Å². The maximum atomic E-state index is 13.9. The number of para-hydroxylation sites is 1. The van der Waals surface area contributed by atoms with E-state index in [0.29, 0.717) is 51.5 Å². The van der Waals surface area contributed by atoms with E-state index >= 15 is 0 Å². The van der Waals surface area contributed by atoms with Crippen LogP contribution in [0.25, 0.3) is 0 Å². The fraction of sp³-hybridized carbons (Fsp3) is 0.559. The van der Waals surface area contributed by atoms with E-state index in [4.69, 9.17) is 22.1 Å². The average molecular weight is 676 g/mol. The summed E-state index contributed by atoms with van der Waals surface area (Å²) < 4.78 is 47.2. The number of piperidine rings is 3. The summed E-state index contributed by atoms with van der Waals surface area (Å²) in [5, 5.41) is 2.64. The molecular formula is C34H41ClF3N5O4. The first-order valence-electron chi connectivity index (χ1n) is 16.5. The summed E-state index contributed by atoms with van der Waals surface area (Å²) >= 11 is 6.10. The van der Waals surface area contributed by atoms with E-state index in [1.807, 2.05) is 24.3 Å². The lowest BCUT2D eigenvalue weighted by Crippen LogP contribution is -2.52. The molecule has 4 heterocycles. The third-order valence-electron chi connectivity index (χ3n) is 10.4. The number of nitrogens with zero attached hydrogens (tertiary/aromatic N) is 3. The molecule has 0 radical (unpaired) electrons. The SMILES string of the molecule is Nc1c(Cl)cc(C[C@@H](OC(=O)N2CCC3(CC2)CC(=O)Nc2ccccc23)C(=O)N2CCC(N3CCCCC3)CC2)cc1C(F)(F)F. The molecule has 6 rings (SSSR count). The molecule has 254 valence electrons. The van der Waals surface area contributed by atoms with Gasteiger partial charge in [-0.3, -0.25) is 9.59 Å². The number of alkyl halides is 3. The highest BCUT2D eigenvalue weighted by Crippen LogP contribution is 2.45. The first kappa shape index (κ1) is 33.4. The first-order valence-corrected chi connectivity index (χ1v) is 16.8. The number of anilines is 2. The zero-order chi connectivity index (χ0) is 33.3. The number of nitrogen functional groups attached to an aromatic ring is 1. The van der Waals surface area contributed by atoms with Crippen LogP contribution in [0.5, 0.6) is 0 Å². The summed E-state index contributed by atoms with van der Waals surface area (Å²) in [5.74, 6) is -0.516. The minimum atomic E-state index is -4.76.